The first-order valence-corrected chi connectivity index (χ1v) is 6.07. The molecule has 20 heavy (non-hydrogen) atoms. The first-order valence-electron chi connectivity index (χ1n) is 6.07. The van der Waals surface area contributed by atoms with E-state index in [1.54, 1.807) is 12.1 Å². The quantitative estimate of drug-likeness (QED) is 0.619. The highest BCUT2D eigenvalue weighted by atomic mass is 16.5. The zero-order chi connectivity index (χ0) is 14.4. The number of methoxy groups -OCH3 is 2. The fraction of sp³-hybridized carbons (Fsp3) is 0.118. The van der Waals surface area contributed by atoms with Crippen molar-refractivity contribution in [1.82, 2.24) is 0 Å². The van der Waals surface area contributed by atoms with E-state index < -0.39 is 0 Å². The van der Waals surface area contributed by atoms with E-state index in [-0.39, 0.29) is 5.97 Å². The minimum Gasteiger partial charge on any atom is -0.465 e. The largest absolute Gasteiger partial charge is 0.465 e. The molecular formula is C17H14O3. The van der Waals surface area contributed by atoms with E-state index in [4.69, 9.17) is 4.74 Å². The lowest BCUT2D eigenvalue weighted by atomic mass is 10.0. The zero-order valence-corrected chi connectivity index (χ0v) is 11.3. The van der Waals surface area contributed by atoms with E-state index >= 15 is 0 Å². The summed E-state index contributed by atoms with van der Waals surface area (Å²) in [6, 6.07) is 15.1. The van der Waals surface area contributed by atoms with Crippen LogP contribution in [0.3, 0.4) is 0 Å². The lowest BCUT2D eigenvalue weighted by Gasteiger charge is -2.03. The van der Waals surface area contributed by atoms with E-state index in [9.17, 15) is 4.79 Å². The van der Waals surface area contributed by atoms with Crippen LogP contribution in [0.1, 0.15) is 15.9 Å². The SMILES string of the molecule is COC#Cc1ccc(-c2ccc(C(=O)OC)cc2)cc1. The Kier molecular flexibility index (Phi) is 4.41. The van der Waals surface area contributed by atoms with E-state index in [1.165, 1.54) is 14.2 Å². The predicted octanol–water partition coefficient (Wildman–Crippen LogP) is 3.10. The van der Waals surface area contributed by atoms with Gasteiger partial charge in [0, 0.05) is 5.56 Å². The van der Waals surface area contributed by atoms with Gasteiger partial charge in [0.25, 0.3) is 0 Å². The minimum absolute atomic E-state index is 0.332. The summed E-state index contributed by atoms with van der Waals surface area (Å²) in [4.78, 5) is 11.4. The Labute approximate surface area is 118 Å². The highest BCUT2D eigenvalue weighted by molar-refractivity contribution is 5.89. The lowest BCUT2D eigenvalue weighted by molar-refractivity contribution is 0.0601. The van der Waals surface area contributed by atoms with E-state index in [1.807, 2.05) is 36.4 Å². The van der Waals surface area contributed by atoms with Crippen molar-refractivity contribution in [3.05, 3.63) is 59.7 Å². The van der Waals surface area contributed by atoms with Gasteiger partial charge in [0.1, 0.15) is 6.11 Å². The maximum Gasteiger partial charge on any atom is 0.337 e. The van der Waals surface area contributed by atoms with Gasteiger partial charge in [-0.25, -0.2) is 4.79 Å². The molecule has 0 aliphatic carbocycles. The van der Waals surface area contributed by atoms with E-state index in [2.05, 4.69) is 16.8 Å². The highest BCUT2D eigenvalue weighted by Crippen LogP contribution is 2.20. The summed E-state index contributed by atoms with van der Waals surface area (Å²) in [5.74, 6) is 2.54. The van der Waals surface area contributed by atoms with Crippen molar-refractivity contribution in [2.75, 3.05) is 14.2 Å². The molecule has 0 fully saturated rings. The Morgan fingerprint density at radius 3 is 1.95 bits per heavy atom. The number of esters is 1. The third-order valence-corrected chi connectivity index (χ3v) is 2.82. The van der Waals surface area contributed by atoms with Crippen molar-refractivity contribution < 1.29 is 14.3 Å². The molecule has 0 N–H and O–H groups in total. The molecule has 0 aromatic heterocycles. The molecule has 2 rings (SSSR count). The van der Waals surface area contributed by atoms with Gasteiger partial charge in [-0.1, -0.05) is 24.3 Å². The second-order valence-corrected chi connectivity index (χ2v) is 4.08. The summed E-state index contributed by atoms with van der Waals surface area (Å²) in [6.45, 7) is 0. The highest BCUT2D eigenvalue weighted by Gasteiger charge is 2.05. The van der Waals surface area contributed by atoms with E-state index in [0.29, 0.717) is 5.56 Å². The first kappa shape index (κ1) is 13.7. The van der Waals surface area contributed by atoms with E-state index in [0.717, 1.165) is 16.7 Å². The molecule has 0 spiro atoms. The van der Waals surface area contributed by atoms with Gasteiger partial charge in [0.05, 0.1) is 19.8 Å². The van der Waals surface area contributed by atoms with Gasteiger partial charge in [0.2, 0.25) is 0 Å². The molecule has 2 aromatic carbocycles. The second kappa shape index (κ2) is 6.44. The zero-order valence-electron chi connectivity index (χ0n) is 11.3. The van der Waals surface area contributed by atoms with Gasteiger partial charge in [-0.3, -0.25) is 0 Å². The van der Waals surface area contributed by atoms with Gasteiger partial charge < -0.3 is 9.47 Å². The summed E-state index contributed by atoms with van der Waals surface area (Å²) in [7, 11) is 2.90. The molecule has 3 nitrogen and oxygen atoms in total. The maximum atomic E-state index is 11.4. The molecule has 0 saturated heterocycles. The fourth-order valence-corrected chi connectivity index (χ4v) is 1.77. The molecule has 100 valence electrons. The number of hydrogen-bond acceptors (Lipinski definition) is 3. The van der Waals surface area contributed by atoms with Crippen molar-refractivity contribution >= 4 is 5.97 Å². The molecule has 0 radical (unpaired) electrons. The van der Waals surface area contributed by atoms with Crippen LogP contribution in [0.4, 0.5) is 0 Å². The average molecular weight is 266 g/mol. The second-order valence-electron chi connectivity index (χ2n) is 4.08. The van der Waals surface area contributed by atoms with Crippen LogP contribution in [0.25, 0.3) is 11.1 Å². The van der Waals surface area contributed by atoms with Gasteiger partial charge >= 0.3 is 5.97 Å². The molecule has 2 aromatic rings. The summed E-state index contributed by atoms with van der Waals surface area (Å²) >= 11 is 0. The van der Waals surface area contributed by atoms with Crippen LogP contribution >= 0.6 is 0 Å². The minimum atomic E-state index is -0.332. The average Bonchev–Trinajstić information content (AvgIpc) is 2.53. The predicted molar refractivity (Wildman–Crippen MR) is 77.1 cm³/mol. The summed E-state index contributed by atoms with van der Waals surface area (Å²) < 4.78 is 9.37. The third kappa shape index (κ3) is 3.18. The van der Waals surface area contributed by atoms with Crippen LogP contribution in [0.5, 0.6) is 0 Å². The molecule has 0 saturated carbocycles. The third-order valence-electron chi connectivity index (χ3n) is 2.82. The molecular weight excluding hydrogens is 252 g/mol. The van der Waals surface area contributed by atoms with Gasteiger partial charge in [0.15, 0.2) is 0 Å². The fourth-order valence-electron chi connectivity index (χ4n) is 1.77. The molecule has 3 heteroatoms. The van der Waals surface area contributed by atoms with Crippen LogP contribution in [0, 0.1) is 12.0 Å². The molecule has 0 unspecified atom stereocenters. The van der Waals surface area contributed by atoms with Crippen LogP contribution in [0.15, 0.2) is 48.5 Å². The lowest BCUT2D eigenvalue weighted by Crippen LogP contribution is -2.00. The Hall–Kier alpha value is -2.73. The Bertz CT molecular complexity index is 643. The normalized spacial score (nSPS) is 9.30. The van der Waals surface area contributed by atoms with Gasteiger partial charge in [-0.05, 0) is 41.3 Å². The van der Waals surface area contributed by atoms with Gasteiger partial charge in [-0.15, -0.1) is 0 Å². The summed E-state index contributed by atoms with van der Waals surface area (Å²) in [6.07, 6.45) is 2.55. The maximum absolute atomic E-state index is 11.4. The molecule has 0 atom stereocenters. The summed E-state index contributed by atoms with van der Waals surface area (Å²) in [5.41, 5.74) is 3.52. The number of hydrogen-bond donors (Lipinski definition) is 0. The molecule has 0 bridgehead atoms. The Morgan fingerprint density at radius 1 is 0.900 bits per heavy atom. The van der Waals surface area contributed by atoms with Crippen LogP contribution < -0.4 is 0 Å². The first-order chi connectivity index (χ1) is 9.74. The van der Waals surface area contributed by atoms with Crippen molar-refractivity contribution in [1.29, 1.82) is 0 Å². The molecule has 0 aliphatic heterocycles. The molecule has 0 heterocycles. The van der Waals surface area contributed by atoms with Crippen molar-refractivity contribution in [2.24, 2.45) is 0 Å². The van der Waals surface area contributed by atoms with Crippen LogP contribution in [-0.4, -0.2) is 20.2 Å². The number of benzene rings is 2. The smallest absolute Gasteiger partial charge is 0.337 e. The van der Waals surface area contributed by atoms with Crippen molar-refractivity contribution in [3.63, 3.8) is 0 Å². The number of rotatable bonds is 2. The number of carbonyl (C=O) groups is 1. The molecule has 0 amide bonds. The monoisotopic (exact) mass is 266 g/mol. The number of carbonyl (C=O) groups excluding carboxylic acids is 1. The van der Waals surface area contributed by atoms with Gasteiger partial charge in [-0.2, -0.15) is 0 Å². The van der Waals surface area contributed by atoms with Crippen LogP contribution in [0.2, 0.25) is 0 Å². The molecule has 0 aliphatic rings. The topological polar surface area (TPSA) is 35.5 Å². The summed E-state index contributed by atoms with van der Waals surface area (Å²) in [5, 5.41) is 0. The Morgan fingerprint density at radius 2 is 1.45 bits per heavy atom. The Balaban J connectivity index is 2.21. The van der Waals surface area contributed by atoms with Crippen molar-refractivity contribution in [3.8, 4) is 23.2 Å². The van der Waals surface area contributed by atoms with Crippen LogP contribution in [-0.2, 0) is 9.47 Å². The van der Waals surface area contributed by atoms with Crippen molar-refractivity contribution in [2.45, 2.75) is 0 Å². The standard InChI is InChI=1S/C17H14O3/c1-19-12-11-13-3-5-14(6-4-13)15-7-9-16(10-8-15)17(18)20-2/h3-10H,1-2H3. The number of ether oxygens (including phenoxy) is 2.